The van der Waals surface area contributed by atoms with E-state index in [9.17, 15) is 9.50 Å². The highest BCUT2D eigenvalue weighted by molar-refractivity contribution is 9.10. The summed E-state index contributed by atoms with van der Waals surface area (Å²) in [6.07, 6.45) is 0.493. The first kappa shape index (κ1) is 11.2. The number of aryl methyl sites for hydroxylation is 1. The molecule has 1 N–H and O–H groups in total. The van der Waals surface area contributed by atoms with Crippen LogP contribution in [0.3, 0.4) is 0 Å². The van der Waals surface area contributed by atoms with Gasteiger partial charge in [0.1, 0.15) is 11.9 Å². The summed E-state index contributed by atoms with van der Waals surface area (Å²) in [5.41, 5.74) is 0.955. The van der Waals surface area contributed by atoms with Crippen molar-refractivity contribution in [2.24, 2.45) is 7.05 Å². The van der Waals surface area contributed by atoms with Crippen LogP contribution in [-0.4, -0.2) is 20.1 Å². The number of rotatable bonds is 2. The molecule has 0 aliphatic carbocycles. The van der Waals surface area contributed by atoms with Crippen LogP contribution in [0, 0.1) is 5.82 Å². The molecule has 0 fully saturated rings. The summed E-state index contributed by atoms with van der Waals surface area (Å²) < 4.78 is 15.2. The second-order valence-corrected chi connectivity index (χ2v) is 4.21. The zero-order chi connectivity index (χ0) is 11.7. The van der Waals surface area contributed by atoms with E-state index in [1.807, 2.05) is 0 Å². The van der Waals surface area contributed by atoms with E-state index in [1.54, 1.807) is 13.1 Å². The second kappa shape index (κ2) is 4.31. The van der Waals surface area contributed by atoms with E-state index in [2.05, 4.69) is 26.2 Å². The summed E-state index contributed by atoms with van der Waals surface area (Å²) in [4.78, 5) is 0. The normalized spacial score (nSPS) is 12.8. The van der Waals surface area contributed by atoms with Gasteiger partial charge in [-0.3, -0.25) is 0 Å². The van der Waals surface area contributed by atoms with Crippen LogP contribution < -0.4 is 0 Å². The Bertz CT molecular complexity index is 515. The highest BCUT2D eigenvalue weighted by atomic mass is 79.9. The molecule has 2 aromatic rings. The van der Waals surface area contributed by atoms with Crippen LogP contribution >= 0.6 is 15.9 Å². The van der Waals surface area contributed by atoms with Crippen molar-refractivity contribution in [3.8, 4) is 0 Å². The molecule has 0 spiro atoms. The molecule has 0 bridgehead atoms. The van der Waals surface area contributed by atoms with Gasteiger partial charge >= 0.3 is 0 Å². The zero-order valence-electron chi connectivity index (χ0n) is 8.43. The Hall–Kier alpha value is -1.27. The Morgan fingerprint density at radius 1 is 1.50 bits per heavy atom. The molecule has 0 aliphatic rings. The topological polar surface area (TPSA) is 50.9 Å². The first-order valence-electron chi connectivity index (χ1n) is 4.57. The van der Waals surface area contributed by atoms with Gasteiger partial charge in [0.15, 0.2) is 0 Å². The summed E-state index contributed by atoms with van der Waals surface area (Å²) in [5, 5.41) is 17.4. The van der Waals surface area contributed by atoms with Crippen LogP contribution in [0.2, 0.25) is 0 Å². The first-order chi connectivity index (χ1) is 7.59. The maximum Gasteiger partial charge on any atom is 0.123 e. The second-order valence-electron chi connectivity index (χ2n) is 3.35. The molecule has 1 unspecified atom stereocenters. The monoisotopic (exact) mass is 285 g/mol. The average Bonchev–Trinajstić information content (AvgIpc) is 2.67. The van der Waals surface area contributed by atoms with Gasteiger partial charge in [-0.1, -0.05) is 21.1 Å². The highest BCUT2D eigenvalue weighted by Gasteiger charge is 2.18. The van der Waals surface area contributed by atoms with E-state index in [-0.39, 0.29) is 0 Å². The van der Waals surface area contributed by atoms with Crippen molar-refractivity contribution in [2.75, 3.05) is 0 Å². The average molecular weight is 286 g/mol. The van der Waals surface area contributed by atoms with Gasteiger partial charge < -0.3 is 5.11 Å². The lowest BCUT2D eigenvalue weighted by Gasteiger charge is -2.12. The molecule has 84 valence electrons. The van der Waals surface area contributed by atoms with Gasteiger partial charge in [0.25, 0.3) is 0 Å². The fourth-order valence-corrected chi connectivity index (χ4v) is 1.89. The van der Waals surface area contributed by atoms with Gasteiger partial charge in [-0.15, -0.1) is 5.10 Å². The number of halogens is 2. The smallest absolute Gasteiger partial charge is 0.123 e. The molecule has 4 nitrogen and oxygen atoms in total. The Balaban J connectivity index is 2.45. The third-order valence-electron chi connectivity index (χ3n) is 2.28. The zero-order valence-corrected chi connectivity index (χ0v) is 10.0. The van der Waals surface area contributed by atoms with E-state index in [1.165, 1.54) is 23.0 Å². The quantitative estimate of drug-likeness (QED) is 0.915. The molecule has 1 aromatic heterocycles. The minimum atomic E-state index is -0.954. The fraction of sp³-hybridized carbons (Fsp3) is 0.200. The lowest BCUT2D eigenvalue weighted by atomic mass is 10.1. The molecule has 16 heavy (non-hydrogen) atoms. The molecule has 1 atom stereocenters. The van der Waals surface area contributed by atoms with Crippen molar-refractivity contribution < 1.29 is 9.50 Å². The third-order valence-corrected chi connectivity index (χ3v) is 3.00. The molecule has 0 aliphatic heterocycles. The van der Waals surface area contributed by atoms with Gasteiger partial charge in [0.05, 0.1) is 11.9 Å². The summed E-state index contributed by atoms with van der Waals surface area (Å²) in [6.45, 7) is 0. The van der Waals surface area contributed by atoms with E-state index in [0.717, 1.165) is 0 Å². The summed E-state index contributed by atoms with van der Waals surface area (Å²) >= 11 is 3.26. The number of nitrogens with zero attached hydrogens (tertiary/aromatic N) is 3. The minimum absolute atomic E-state index is 0.396. The van der Waals surface area contributed by atoms with Crippen LogP contribution in [0.15, 0.2) is 28.9 Å². The summed E-state index contributed by atoms with van der Waals surface area (Å²) in [7, 11) is 1.67. The third kappa shape index (κ3) is 1.98. The predicted octanol–water partition coefficient (Wildman–Crippen LogP) is 1.80. The summed E-state index contributed by atoms with van der Waals surface area (Å²) in [5.74, 6) is -0.396. The Kier molecular flexibility index (Phi) is 3.02. The number of hydrogen-bond donors (Lipinski definition) is 1. The predicted molar refractivity (Wildman–Crippen MR) is 59.2 cm³/mol. The molecule has 0 saturated heterocycles. The van der Waals surface area contributed by atoms with Gasteiger partial charge in [0.2, 0.25) is 0 Å². The molecule has 0 amide bonds. The molecule has 6 heteroatoms. The number of benzene rings is 1. The van der Waals surface area contributed by atoms with Gasteiger partial charge in [-0.25, -0.2) is 9.07 Å². The lowest BCUT2D eigenvalue weighted by molar-refractivity contribution is 0.208. The number of hydrogen-bond acceptors (Lipinski definition) is 3. The standard InChI is InChI=1S/C10H9BrFN3O/c1-15-9(5-13-14-15)10(16)7-4-6(12)2-3-8(7)11/h2-5,10,16H,1H3. The van der Waals surface area contributed by atoms with E-state index >= 15 is 0 Å². The van der Waals surface area contributed by atoms with Crippen LogP contribution in [0.4, 0.5) is 4.39 Å². The van der Waals surface area contributed by atoms with E-state index < -0.39 is 11.9 Å². The molecule has 0 saturated carbocycles. The molecule has 1 aromatic carbocycles. The number of aromatic nitrogens is 3. The minimum Gasteiger partial charge on any atom is -0.382 e. The Morgan fingerprint density at radius 2 is 2.25 bits per heavy atom. The van der Waals surface area contributed by atoms with Crippen LogP contribution in [-0.2, 0) is 7.05 Å². The van der Waals surface area contributed by atoms with Gasteiger partial charge in [0, 0.05) is 17.1 Å². The van der Waals surface area contributed by atoms with Crippen LogP contribution in [0.25, 0.3) is 0 Å². The van der Waals surface area contributed by atoms with E-state index in [0.29, 0.717) is 15.7 Å². The van der Waals surface area contributed by atoms with Crippen molar-refractivity contribution in [1.82, 2.24) is 15.0 Å². The molecule has 0 radical (unpaired) electrons. The lowest BCUT2D eigenvalue weighted by Crippen LogP contribution is -2.07. The summed E-state index contributed by atoms with van der Waals surface area (Å²) in [6, 6.07) is 4.15. The van der Waals surface area contributed by atoms with Crippen molar-refractivity contribution in [3.63, 3.8) is 0 Å². The van der Waals surface area contributed by atoms with Gasteiger partial charge in [-0.2, -0.15) is 0 Å². The van der Waals surface area contributed by atoms with E-state index in [4.69, 9.17) is 0 Å². The first-order valence-corrected chi connectivity index (χ1v) is 5.36. The van der Waals surface area contributed by atoms with Crippen molar-refractivity contribution in [3.05, 3.63) is 45.9 Å². The molecule has 2 rings (SSSR count). The number of aliphatic hydroxyl groups excluding tert-OH is 1. The molecular formula is C10H9BrFN3O. The highest BCUT2D eigenvalue weighted by Crippen LogP contribution is 2.28. The maximum atomic E-state index is 13.1. The SMILES string of the molecule is Cn1nncc1C(O)c1cc(F)ccc1Br. The van der Waals surface area contributed by atoms with Crippen LogP contribution in [0.1, 0.15) is 17.4 Å². The van der Waals surface area contributed by atoms with Gasteiger partial charge in [-0.05, 0) is 18.2 Å². The van der Waals surface area contributed by atoms with Crippen molar-refractivity contribution >= 4 is 15.9 Å². The largest absolute Gasteiger partial charge is 0.382 e. The number of aliphatic hydroxyl groups is 1. The van der Waals surface area contributed by atoms with Crippen LogP contribution in [0.5, 0.6) is 0 Å². The van der Waals surface area contributed by atoms with Crippen molar-refractivity contribution in [2.45, 2.75) is 6.10 Å². The Labute approximate surface area is 99.8 Å². The van der Waals surface area contributed by atoms with Crippen molar-refractivity contribution in [1.29, 1.82) is 0 Å². The molecule has 1 heterocycles. The Morgan fingerprint density at radius 3 is 2.88 bits per heavy atom. The fourth-order valence-electron chi connectivity index (χ4n) is 1.43. The maximum absolute atomic E-state index is 13.1. The molecular weight excluding hydrogens is 277 g/mol.